The Morgan fingerprint density at radius 2 is 2.16 bits per heavy atom. The van der Waals surface area contributed by atoms with Crippen molar-refractivity contribution in [1.29, 1.82) is 5.41 Å². The Bertz CT molecular complexity index is 611. The number of nitrogens with one attached hydrogen (secondary N) is 1. The Balaban J connectivity index is 2.32. The van der Waals surface area contributed by atoms with Crippen molar-refractivity contribution in [1.82, 2.24) is 10.2 Å². The van der Waals surface area contributed by atoms with Crippen LogP contribution in [0.2, 0.25) is 0 Å². The highest BCUT2D eigenvalue weighted by atomic mass is 79.9. The molecule has 0 saturated carbocycles. The summed E-state index contributed by atoms with van der Waals surface area (Å²) in [7, 11) is 3.85. The number of amidine groups is 1. The minimum Gasteiger partial charge on any atom is -0.384 e. The second-order valence-electron chi connectivity index (χ2n) is 3.87. The molecular formula is C11H12BrN5S2. The molecule has 0 bridgehead atoms. The molecule has 0 amide bonds. The number of nitrogens with zero attached hydrogens (tertiary/aromatic N) is 3. The fourth-order valence-electron chi connectivity index (χ4n) is 1.37. The van der Waals surface area contributed by atoms with Crippen LogP contribution in [0.15, 0.2) is 31.9 Å². The molecule has 5 nitrogen and oxygen atoms in total. The maximum Gasteiger partial charge on any atom is 0.208 e. The van der Waals surface area contributed by atoms with Gasteiger partial charge in [-0.25, -0.2) is 0 Å². The number of hydrogen-bond acceptors (Lipinski definition) is 6. The smallest absolute Gasteiger partial charge is 0.208 e. The number of benzene rings is 1. The van der Waals surface area contributed by atoms with Crippen molar-refractivity contribution in [2.75, 3.05) is 19.0 Å². The van der Waals surface area contributed by atoms with Gasteiger partial charge >= 0.3 is 0 Å². The van der Waals surface area contributed by atoms with Gasteiger partial charge < -0.3 is 10.6 Å². The third-order valence-corrected chi connectivity index (χ3v) is 5.08. The first kappa shape index (κ1) is 14.3. The molecule has 1 aromatic heterocycles. The number of aromatic nitrogens is 2. The van der Waals surface area contributed by atoms with Crippen molar-refractivity contribution in [3.63, 3.8) is 0 Å². The van der Waals surface area contributed by atoms with Crippen LogP contribution in [0.25, 0.3) is 0 Å². The van der Waals surface area contributed by atoms with Gasteiger partial charge in [0.1, 0.15) is 5.84 Å². The lowest BCUT2D eigenvalue weighted by molar-refractivity contribution is 0.972. The van der Waals surface area contributed by atoms with Gasteiger partial charge in [-0.3, -0.25) is 5.41 Å². The zero-order chi connectivity index (χ0) is 14.0. The number of anilines is 1. The van der Waals surface area contributed by atoms with E-state index < -0.39 is 0 Å². The Labute approximate surface area is 127 Å². The van der Waals surface area contributed by atoms with Gasteiger partial charge in [0.25, 0.3) is 0 Å². The summed E-state index contributed by atoms with van der Waals surface area (Å²) in [5.74, 6) is 0.0346. The van der Waals surface area contributed by atoms with Crippen molar-refractivity contribution in [3.05, 3.63) is 28.2 Å². The van der Waals surface area contributed by atoms with Crippen LogP contribution >= 0.6 is 39.0 Å². The lowest BCUT2D eigenvalue weighted by Crippen LogP contribution is -2.13. The van der Waals surface area contributed by atoms with Gasteiger partial charge in [-0.2, -0.15) is 0 Å². The van der Waals surface area contributed by atoms with E-state index in [0.29, 0.717) is 5.56 Å². The summed E-state index contributed by atoms with van der Waals surface area (Å²) in [4.78, 5) is 2.80. The summed E-state index contributed by atoms with van der Waals surface area (Å²) in [6, 6.07) is 5.70. The van der Waals surface area contributed by atoms with Gasteiger partial charge in [-0.15, -0.1) is 10.2 Å². The minimum absolute atomic E-state index is 0.0346. The topological polar surface area (TPSA) is 78.9 Å². The molecule has 19 heavy (non-hydrogen) atoms. The van der Waals surface area contributed by atoms with E-state index in [-0.39, 0.29) is 5.84 Å². The quantitative estimate of drug-likeness (QED) is 0.649. The number of nitrogen functional groups attached to an aromatic ring is 1. The summed E-state index contributed by atoms with van der Waals surface area (Å²) in [6.07, 6.45) is 0. The molecule has 0 fully saturated rings. The molecule has 2 aromatic rings. The van der Waals surface area contributed by atoms with E-state index in [9.17, 15) is 0 Å². The highest BCUT2D eigenvalue weighted by molar-refractivity contribution is 9.10. The average molecular weight is 358 g/mol. The SMILES string of the molecule is CN(C)c1nnc(Sc2cccc(Br)c2C(=N)N)s1. The molecule has 0 saturated heterocycles. The summed E-state index contributed by atoms with van der Waals surface area (Å²) in [5.41, 5.74) is 6.31. The second kappa shape index (κ2) is 5.89. The van der Waals surface area contributed by atoms with Gasteiger partial charge in [0.05, 0.1) is 0 Å². The summed E-state index contributed by atoms with van der Waals surface area (Å²) in [5, 5.41) is 16.7. The van der Waals surface area contributed by atoms with Crippen LogP contribution < -0.4 is 10.6 Å². The maximum absolute atomic E-state index is 7.65. The molecule has 1 aromatic carbocycles. The van der Waals surface area contributed by atoms with Crippen LogP contribution in [-0.4, -0.2) is 30.1 Å². The molecular weight excluding hydrogens is 346 g/mol. The predicted octanol–water partition coefficient (Wildman–Crippen LogP) is 2.80. The second-order valence-corrected chi connectivity index (χ2v) is 6.97. The third-order valence-electron chi connectivity index (χ3n) is 2.22. The molecule has 8 heteroatoms. The first-order chi connectivity index (χ1) is 8.99. The van der Waals surface area contributed by atoms with Gasteiger partial charge in [-0.05, 0) is 28.1 Å². The number of nitrogens with two attached hydrogens (primary N) is 1. The Kier molecular flexibility index (Phi) is 4.43. The highest BCUT2D eigenvalue weighted by Gasteiger charge is 2.13. The van der Waals surface area contributed by atoms with Gasteiger partial charge in [0, 0.05) is 29.0 Å². The normalized spacial score (nSPS) is 10.5. The largest absolute Gasteiger partial charge is 0.384 e. The predicted molar refractivity (Wildman–Crippen MR) is 83.5 cm³/mol. The molecule has 3 N–H and O–H groups in total. The molecule has 0 atom stereocenters. The van der Waals surface area contributed by atoms with E-state index in [1.807, 2.05) is 37.2 Å². The van der Waals surface area contributed by atoms with E-state index in [1.165, 1.54) is 23.1 Å². The molecule has 1 heterocycles. The summed E-state index contributed by atoms with van der Waals surface area (Å²) < 4.78 is 1.63. The Hall–Kier alpha value is -1.12. The van der Waals surface area contributed by atoms with Crippen molar-refractivity contribution in [2.45, 2.75) is 9.24 Å². The van der Waals surface area contributed by atoms with E-state index in [4.69, 9.17) is 11.1 Å². The van der Waals surface area contributed by atoms with Crippen molar-refractivity contribution in [2.24, 2.45) is 5.73 Å². The lowest BCUT2D eigenvalue weighted by Gasteiger charge is -2.08. The van der Waals surface area contributed by atoms with Gasteiger partial charge in [0.2, 0.25) is 5.13 Å². The van der Waals surface area contributed by atoms with Gasteiger partial charge in [-0.1, -0.05) is 29.2 Å². The molecule has 0 aliphatic carbocycles. The highest BCUT2D eigenvalue weighted by Crippen LogP contribution is 2.36. The molecule has 0 radical (unpaired) electrons. The van der Waals surface area contributed by atoms with Crippen LogP contribution in [0, 0.1) is 5.41 Å². The van der Waals surface area contributed by atoms with Crippen molar-refractivity contribution in [3.8, 4) is 0 Å². The maximum atomic E-state index is 7.65. The monoisotopic (exact) mass is 357 g/mol. The van der Waals surface area contributed by atoms with E-state index in [1.54, 1.807) is 0 Å². The summed E-state index contributed by atoms with van der Waals surface area (Å²) in [6.45, 7) is 0. The van der Waals surface area contributed by atoms with Crippen LogP contribution in [0.1, 0.15) is 5.56 Å². The van der Waals surface area contributed by atoms with Crippen LogP contribution in [-0.2, 0) is 0 Å². The number of rotatable bonds is 4. The zero-order valence-electron chi connectivity index (χ0n) is 10.3. The van der Waals surface area contributed by atoms with Crippen molar-refractivity contribution >= 4 is 50.0 Å². The fraction of sp³-hybridized carbons (Fsp3) is 0.182. The number of halogens is 1. The molecule has 100 valence electrons. The van der Waals surface area contributed by atoms with Crippen LogP contribution in [0.3, 0.4) is 0 Å². The lowest BCUT2D eigenvalue weighted by atomic mass is 10.2. The minimum atomic E-state index is 0.0346. The van der Waals surface area contributed by atoms with Gasteiger partial charge in [0.15, 0.2) is 4.34 Å². The molecule has 0 unspecified atom stereocenters. The first-order valence-electron chi connectivity index (χ1n) is 5.30. The Morgan fingerprint density at radius 3 is 2.74 bits per heavy atom. The zero-order valence-corrected chi connectivity index (χ0v) is 13.6. The third kappa shape index (κ3) is 3.26. The number of hydrogen-bond donors (Lipinski definition) is 2. The summed E-state index contributed by atoms with van der Waals surface area (Å²) >= 11 is 6.38. The molecule has 2 rings (SSSR count). The van der Waals surface area contributed by atoms with E-state index in [0.717, 1.165) is 18.8 Å². The molecule has 0 aliphatic rings. The van der Waals surface area contributed by atoms with Crippen molar-refractivity contribution < 1.29 is 0 Å². The van der Waals surface area contributed by atoms with E-state index in [2.05, 4.69) is 26.1 Å². The average Bonchev–Trinajstić information content (AvgIpc) is 2.77. The van der Waals surface area contributed by atoms with Crippen LogP contribution in [0.5, 0.6) is 0 Å². The molecule has 0 aliphatic heterocycles. The standard InChI is InChI=1S/C11H12BrN5S2/c1-17(2)10-15-16-11(19-10)18-7-5-3-4-6(12)8(7)9(13)14/h3-5H,1-2H3,(H3,13,14). The van der Waals surface area contributed by atoms with Crippen LogP contribution in [0.4, 0.5) is 5.13 Å². The fourth-order valence-corrected chi connectivity index (χ4v) is 3.98. The Morgan fingerprint density at radius 1 is 1.42 bits per heavy atom. The first-order valence-corrected chi connectivity index (χ1v) is 7.73. The molecule has 0 spiro atoms. The van der Waals surface area contributed by atoms with E-state index >= 15 is 0 Å².